The first-order chi connectivity index (χ1) is 7.24. The Kier molecular flexibility index (Phi) is 1.71. The molecule has 3 rings (SSSR count). The van der Waals surface area contributed by atoms with E-state index in [9.17, 15) is 5.11 Å². The maximum atomic E-state index is 9.86. The van der Waals surface area contributed by atoms with E-state index < -0.39 is 0 Å². The van der Waals surface area contributed by atoms with Gasteiger partial charge in [-0.1, -0.05) is 18.2 Å². The SMILES string of the molecule is CC(O)C1(c2c[nH]c3ccccc23)CC1. The van der Waals surface area contributed by atoms with E-state index in [1.165, 1.54) is 16.5 Å². The van der Waals surface area contributed by atoms with Gasteiger partial charge in [-0.25, -0.2) is 0 Å². The zero-order valence-corrected chi connectivity index (χ0v) is 8.83. The van der Waals surface area contributed by atoms with E-state index in [0.717, 1.165) is 12.8 Å². The minimum absolute atomic E-state index is 0.0274. The average molecular weight is 201 g/mol. The highest BCUT2D eigenvalue weighted by Gasteiger charge is 2.49. The van der Waals surface area contributed by atoms with Gasteiger partial charge in [-0.2, -0.15) is 0 Å². The van der Waals surface area contributed by atoms with Crippen LogP contribution in [-0.2, 0) is 5.41 Å². The summed E-state index contributed by atoms with van der Waals surface area (Å²) >= 11 is 0. The molecule has 1 aromatic carbocycles. The number of aliphatic hydroxyl groups excluding tert-OH is 1. The number of aliphatic hydroxyl groups is 1. The molecule has 0 spiro atoms. The van der Waals surface area contributed by atoms with Gasteiger partial charge >= 0.3 is 0 Å². The summed E-state index contributed by atoms with van der Waals surface area (Å²) in [5.74, 6) is 0. The Morgan fingerprint density at radius 1 is 1.33 bits per heavy atom. The van der Waals surface area contributed by atoms with Gasteiger partial charge in [0.15, 0.2) is 0 Å². The molecule has 1 unspecified atom stereocenters. The zero-order chi connectivity index (χ0) is 10.5. The highest BCUT2D eigenvalue weighted by molar-refractivity contribution is 5.84. The molecule has 1 saturated carbocycles. The summed E-state index contributed by atoms with van der Waals surface area (Å²) in [5, 5.41) is 11.1. The quantitative estimate of drug-likeness (QED) is 0.769. The number of rotatable bonds is 2. The second-order valence-corrected chi connectivity index (χ2v) is 4.58. The van der Waals surface area contributed by atoms with E-state index in [0.29, 0.717) is 0 Å². The highest BCUT2D eigenvalue weighted by atomic mass is 16.3. The number of hydrogen-bond acceptors (Lipinski definition) is 1. The van der Waals surface area contributed by atoms with E-state index in [2.05, 4.69) is 29.4 Å². The van der Waals surface area contributed by atoms with Crippen molar-refractivity contribution in [2.75, 3.05) is 0 Å². The fourth-order valence-corrected chi connectivity index (χ4v) is 2.53. The molecule has 1 atom stereocenters. The summed E-state index contributed by atoms with van der Waals surface area (Å²) in [6.07, 6.45) is 4.01. The molecule has 0 radical (unpaired) electrons. The summed E-state index contributed by atoms with van der Waals surface area (Å²) in [5.41, 5.74) is 2.48. The maximum absolute atomic E-state index is 9.86. The molecule has 0 aliphatic heterocycles. The fraction of sp³-hybridized carbons (Fsp3) is 0.385. The number of H-pyrrole nitrogens is 1. The van der Waals surface area contributed by atoms with Gasteiger partial charge in [-0.15, -0.1) is 0 Å². The van der Waals surface area contributed by atoms with Crippen molar-refractivity contribution in [3.05, 3.63) is 36.0 Å². The third-order valence-electron chi connectivity index (χ3n) is 3.71. The second-order valence-electron chi connectivity index (χ2n) is 4.58. The predicted octanol–water partition coefficient (Wildman–Crippen LogP) is 2.58. The molecular formula is C13H15NO. The van der Waals surface area contributed by atoms with Crippen molar-refractivity contribution in [1.29, 1.82) is 0 Å². The van der Waals surface area contributed by atoms with Gasteiger partial charge in [0.05, 0.1) is 6.10 Å². The van der Waals surface area contributed by atoms with E-state index in [-0.39, 0.29) is 11.5 Å². The number of fused-ring (bicyclic) bond motifs is 1. The Labute approximate surface area is 88.9 Å². The normalized spacial score (nSPS) is 20.4. The largest absolute Gasteiger partial charge is 0.392 e. The Hall–Kier alpha value is -1.28. The molecule has 0 saturated heterocycles. The number of para-hydroxylation sites is 1. The first kappa shape index (κ1) is 8.98. The zero-order valence-electron chi connectivity index (χ0n) is 8.83. The van der Waals surface area contributed by atoms with E-state index in [1.54, 1.807) is 0 Å². The first-order valence-corrected chi connectivity index (χ1v) is 5.49. The molecule has 2 N–H and O–H groups in total. The Morgan fingerprint density at radius 2 is 2.07 bits per heavy atom. The summed E-state index contributed by atoms with van der Waals surface area (Å²) in [6, 6.07) is 8.29. The fourth-order valence-electron chi connectivity index (χ4n) is 2.53. The van der Waals surface area contributed by atoms with Crippen LogP contribution in [-0.4, -0.2) is 16.2 Å². The van der Waals surface area contributed by atoms with Crippen LogP contribution in [0.25, 0.3) is 10.9 Å². The molecule has 78 valence electrons. The summed E-state index contributed by atoms with van der Waals surface area (Å²) in [6.45, 7) is 1.90. The Bertz CT molecular complexity index is 494. The van der Waals surface area contributed by atoms with Crippen LogP contribution in [0, 0.1) is 0 Å². The van der Waals surface area contributed by atoms with Gasteiger partial charge in [-0.3, -0.25) is 0 Å². The minimum atomic E-state index is -0.253. The smallest absolute Gasteiger partial charge is 0.0609 e. The van der Waals surface area contributed by atoms with Gasteiger partial charge in [0.1, 0.15) is 0 Å². The highest BCUT2D eigenvalue weighted by Crippen LogP contribution is 2.52. The molecule has 1 fully saturated rings. The van der Waals surface area contributed by atoms with Gasteiger partial charge in [0, 0.05) is 22.5 Å². The summed E-state index contributed by atoms with van der Waals surface area (Å²) in [4.78, 5) is 3.28. The number of benzene rings is 1. The average Bonchev–Trinajstić information content (AvgIpc) is 2.93. The van der Waals surface area contributed by atoms with Crippen molar-refractivity contribution in [3.8, 4) is 0 Å². The van der Waals surface area contributed by atoms with Crippen molar-refractivity contribution in [2.45, 2.75) is 31.3 Å². The van der Waals surface area contributed by atoms with Gasteiger partial charge in [-0.05, 0) is 31.4 Å². The van der Waals surface area contributed by atoms with Crippen LogP contribution in [0.2, 0.25) is 0 Å². The van der Waals surface area contributed by atoms with Crippen LogP contribution in [0.15, 0.2) is 30.5 Å². The topological polar surface area (TPSA) is 36.0 Å². The first-order valence-electron chi connectivity index (χ1n) is 5.49. The van der Waals surface area contributed by atoms with Crippen LogP contribution in [0.4, 0.5) is 0 Å². The molecular weight excluding hydrogens is 186 g/mol. The van der Waals surface area contributed by atoms with E-state index in [4.69, 9.17) is 0 Å². The van der Waals surface area contributed by atoms with Crippen molar-refractivity contribution >= 4 is 10.9 Å². The molecule has 2 aromatic rings. The second kappa shape index (κ2) is 2.86. The standard InChI is InChI=1S/C13H15NO/c1-9(15)13(6-7-13)11-8-14-12-5-3-2-4-10(11)12/h2-5,8-9,14-15H,6-7H2,1H3. The van der Waals surface area contributed by atoms with Crippen molar-refractivity contribution in [2.24, 2.45) is 0 Å². The molecule has 0 amide bonds. The van der Waals surface area contributed by atoms with Crippen LogP contribution in [0.3, 0.4) is 0 Å². The molecule has 2 heteroatoms. The Morgan fingerprint density at radius 3 is 2.73 bits per heavy atom. The number of nitrogens with one attached hydrogen (secondary N) is 1. The molecule has 15 heavy (non-hydrogen) atoms. The molecule has 1 aliphatic rings. The molecule has 1 aromatic heterocycles. The van der Waals surface area contributed by atoms with Gasteiger partial charge < -0.3 is 10.1 Å². The lowest BCUT2D eigenvalue weighted by Gasteiger charge is -2.17. The van der Waals surface area contributed by atoms with Crippen molar-refractivity contribution in [3.63, 3.8) is 0 Å². The number of aromatic nitrogens is 1. The van der Waals surface area contributed by atoms with Crippen LogP contribution in [0.1, 0.15) is 25.3 Å². The van der Waals surface area contributed by atoms with Crippen LogP contribution < -0.4 is 0 Å². The van der Waals surface area contributed by atoms with Crippen LogP contribution >= 0.6 is 0 Å². The van der Waals surface area contributed by atoms with Crippen molar-refractivity contribution < 1.29 is 5.11 Å². The third-order valence-corrected chi connectivity index (χ3v) is 3.71. The van der Waals surface area contributed by atoms with Gasteiger partial charge in [0.25, 0.3) is 0 Å². The van der Waals surface area contributed by atoms with Crippen LogP contribution in [0.5, 0.6) is 0 Å². The predicted molar refractivity (Wildman–Crippen MR) is 60.9 cm³/mol. The number of hydrogen-bond donors (Lipinski definition) is 2. The molecule has 0 bridgehead atoms. The summed E-state index contributed by atoms with van der Waals surface area (Å²) < 4.78 is 0. The lowest BCUT2D eigenvalue weighted by molar-refractivity contribution is 0.151. The maximum Gasteiger partial charge on any atom is 0.0609 e. The summed E-state index contributed by atoms with van der Waals surface area (Å²) in [7, 11) is 0. The van der Waals surface area contributed by atoms with Gasteiger partial charge in [0.2, 0.25) is 0 Å². The van der Waals surface area contributed by atoms with E-state index in [1.807, 2.05) is 13.0 Å². The molecule has 1 heterocycles. The lowest BCUT2D eigenvalue weighted by Crippen LogP contribution is -2.22. The monoisotopic (exact) mass is 201 g/mol. The molecule has 1 aliphatic carbocycles. The minimum Gasteiger partial charge on any atom is -0.392 e. The number of aromatic amines is 1. The lowest BCUT2D eigenvalue weighted by atomic mass is 9.90. The Balaban J connectivity index is 2.20. The van der Waals surface area contributed by atoms with Crippen molar-refractivity contribution in [1.82, 2.24) is 4.98 Å². The molecule has 2 nitrogen and oxygen atoms in total. The third kappa shape index (κ3) is 1.15. The van der Waals surface area contributed by atoms with E-state index >= 15 is 0 Å².